The Labute approximate surface area is 212 Å². The number of nitrogens with one attached hydrogen (secondary N) is 1. The summed E-state index contributed by atoms with van der Waals surface area (Å²) in [5.74, 6) is 0.153. The van der Waals surface area contributed by atoms with E-state index in [2.05, 4.69) is 43.2 Å². The highest BCUT2D eigenvalue weighted by Gasteiger charge is 2.29. The van der Waals surface area contributed by atoms with Gasteiger partial charge in [0.15, 0.2) is 0 Å². The number of amides is 2. The predicted molar refractivity (Wildman–Crippen MR) is 143 cm³/mol. The van der Waals surface area contributed by atoms with Gasteiger partial charge in [0, 0.05) is 46.9 Å². The number of carbonyl (C=O) groups is 2. The number of hydrogen-bond donors (Lipinski definition) is 1. The first-order valence-corrected chi connectivity index (χ1v) is 12.5. The molecular formula is C31H31N3O2. The molecule has 2 heterocycles. The van der Waals surface area contributed by atoms with E-state index in [1.165, 1.54) is 0 Å². The van der Waals surface area contributed by atoms with Crippen LogP contribution in [0.15, 0.2) is 90.8 Å². The van der Waals surface area contributed by atoms with Crippen molar-refractivity contribution in [2.75, 3.05) is 6.54 Å². The number of rotatable bonds is 5. The van der Waals surface area contributed by atoms with Gasteiger partial charge in [-0.3, -0.25) is 14.6 Å². The highest BCUT2D eigenvalue weighted by molar-refractivity contribution is 6.03. The van der Waals surface area contributed by atoms with Crippen LogP contribution >= 0.6 is 0 Å². The van der Waals surface area contributed by atoms with Gasteiger partial charge in [-0.15, -0.1) is 0 Å². The van der Waals surface area contributed by atoms with Crippen LogP contribution < -0.4 is 5.32 Å². The van der Waals surface area contributed by atoms with E-state index in [0.29, 0.717) is 36.6 Å². The van der Waals surface area contributed by atoms with E-state index in [1.54, 1.807) is 12.3 Å². The highest BCUT2D eigenvalue weighted by atomic mass is 16.2. The number of carbonyl (C=O) groups excluding carboxylic acids is 2. The monoisotopic (exact) mass is 477 g/mol. The van der Waals surface area contributed by atoms with Crippen LogP contribution in [0.4, 0.5) is 0 Å². The van der Waals surface area contributed by atoms with E-state index in [9.17, 15) is 9.59 Å². The average molecular weight is 478 g/mol. The molecule has 0 fully saturated rings. The third-order valence-electron chi connectivity index (χ3n) is 7.48. The molecule has 1 aliphatic carbocycles. The maximum atomic E-state index is 13.5. The molecule has 36 heavy (non-hydrogen) atoms. The molecule has 0 spiro atoms. The van der Waals surface area contributed by atoms with Gasteiger partial charge in [0.2, 0.25) is 0 Å². The highest BCUT2D eigenvalue weighted by Crippen LogP contribution is 2.33. The molecule has 5 heteroatoms. The first-order chi connectivity index (χ1) is 17.4. The van der Waals surface area contributed by atoms with Gasteiger partial charge in [-0.05, 0) is 53.8 Å². The number of pyridine rings is 1. The molecule has 1 aromatic heterocycles. The lowest BCUT2D eigenvalue weighted by Gasteiger charge is -2.30. The molecule has 1 unspecified atom stereocenters. The van der Waals surface area contributed by atoms with E-state index in [1.807, 2.05) is 65.6 Å². The Morgan fingerprint density at radius 2 is 1.94 bits per heavy atom. The Morgan fingerprint density at radius 3 is 2.78 bits per heavy atom. The van der Waals surface area contributed by atoms with Gasteiger partial charge < -0.3 is 10.2 Å². The number of benzene rings is 2. The lowest BCUT2D eigenvalue weighted by Crippen LogP contribution is -2.38. The maximum absolute atomic E-state index is 13.5. The first kappa shape index (κ1) is 23.7. The second-order valence-corrected chi connectivity index (χ2v) is 10.1. The molecule has 1 aliphatic heterocycles. The topological polar surface area (TPSA) is 62.3 Å². The minimum absolute atomic E-state index is 0.0445. The Bertz CT molecular complexity index is 1430. The molecule has 2 aromatic carbocycles. The van der Waals surface area contributed by atoms with Crippen LogP contribution in [0.25, 0.3) is 10.9 Å². The first-order valence-electron chi connectivity index (χ1n) is 12.5. The number of hydrogen-bond acceptors (Lipinski definition) is 3. The fourth-order valence-corrected chi connectivity index (χ4v) is 4.93. The lowest BCUT2D eigenvalue weighted by molar-refractivity contribution is 0.0727. The number of allylic oxidation sites excluding steroid dienone is 5. The van der Waals surface area contributed by atoms with Crippen molar-refractivity contribution in [2.24, 2.45) is 11.3 Å². The largest absolute Gasteiger partial charge is 0.334 e. The zero-order valence-corrected chi connectivity index (χ0v) is 21.0. The summed E-state index contributed by atoms with van der Waals surface area (Å²) in [6, 6.07) is 15.4. The quantitative estimate of drug-likeness (QED) is 0.503. The average Bonchev–Trinajstić information content (AvgIpc) is 3.07. The minimum atomic E-state index is -0.183. The van der Waals surface area contributed by atoms with E-state index in [0.717, 1.165) is 27.7 Å². The number of nitrogens with zero attached hydrogens (tertiary/aromatic N) is 2. The Kier molecular flexibility index (Phi) is 6.31. The van der Waals surface area contributed by atoms with Crippen LogP contribution in [0.2, 0.25) is 0 Å². The van der Waals surface area contributed by atoms with Gasteiger partial charge in [-0.25, -0.2) is 0 Å². The zero-order valence-electron chi connectivity index (χ0n) is 21.0. The van der Waals surface area contributed by atoms with E-state index in [4.69, 9.17) is 0 Å². The summed E-state index contributed by atoms with van der Waals surface area (Å²) < 4.78 is 0. The van der Waals surface area contributed by atoms with Crippen molar-refractivity contribution >= 4 is 22.7 Å². The summed E-state index contributed by atoms with van der Waals surface area (Å²) in [5.41, 5.74) is 4.59. The molecule has 1 atom stereocenters. The van der Waals surface area contributed by atoms with Gasteiger partial charge >= 0.3 is 0 Å². The van der Waals surface area contributed by atoms with Crippen molar-refractivity contribution in [3.05, 3.63) is 113 Å². The van der Waals surface area contributed by atoms with E-state index in [-0.39, 0.29) is 17.2 Å². The van der Waals surface area contributed by atoms with E-state index < -0.39 is 0 Å². The maximum Gasteiger partial charge on any atom is 0.255 e. The summed E-state index contributed by atoms with van der Waals surface area (Å²) in [6.45, 7) is 7.58. The van der Waals surface area contributed by atoms with Gasteiger partial charge in [-0.1, -0.05) is 69.3 Å². The molecule has 5 rings (SSSR count). The summed E-state index contributed by atoms with van der Waals surface area (Å²) in [5, 5.41) is 4.14. The molecule has 2 aliphatic rings. The third kappa shape index (κ3) is 4.49. The van der Waals surface area contributed by atoms with Crippen LogP contribution in [-0.2, 0) is 13.0 Å². The molecule has 1 N–H and O–H groups in total. The molecule has 5 nitrogen and oxygen atoms in total. The summed E-state index contributed by atoms with van der Waals surface area (Å²) in [7, 11) is 0. The number of para-hydroxylation sites is 1. The predicted octanol–water partition coefficient (Wildman–Crippen LogP) is 5.84. The normalized spacial score (nSPS) is 19.3. The van der Waals surface area contributed by atoms with Crippen molar-refractivity contribution < 1.29 is 9.59 Å². The smallest absolute Gasteiger partial charge is 0.255 e. The third-order valence-corrected chi connectivity index (χ3v) is 7.48. The number of fused-ring (bicyclic) bond motifs is 2. The fourth-order valence-electron chi connectivity index (χ4n) is 4.93. The lowest BCUT2D eigenvalue weighted by atomic mass is 9.78. The van der Waals surface area contributed by atoms with Crippen LogP contribution in [-0.4, -0.2) is 28.2 Å². The summed E-state index contributed by atoms with van der Waals surface area (Å²) in [4.78, 5) is 33.1. The fraction of sp³-hybridized carbons (Fsp3) is 0.258. The minimum Gasteiger partial charge on any atom is -0.334 e. The summed E-state index contributed by atoms with van der Waals surface area (Å²) >= 11 is 0. The molecule has 182 valence electrons. The Balaban J connectivity index is 1.39. The SMILES string of the molecule is CC(C)C1(C)C=CC=CC(NC(=O)c2cccc3c2CCN(Cc2ccnc4ccccc24)C3=O)=C1. The van der Waals surface area contributed by atoms with Gasteiger partial charge in [-0.2, -0.15) is 0 Å². The molecule has 0 bridgehead atoms. The van der Waals surface area contributed by atoms with Crippen molar-refractivity contribution in [1.82, 2.24) is 15.2 Å². The van der Waals surface area contributed by atoms with Crippen molar-refractivity contribution in [2.45, 2.75) is 33.7 Å². The molecule has 0 saturated heterocycles. The second-order valence-electron chi connectivity index (χ2n) is 10.1. The molecule has 0 radical (unpaired) electrons. The molecule has 3 aromatic rings. The number of aromatic nitrogens is 1. The molecular weight excluding hydrogens is 446 g/mol. The Morgan fingerprint density at radius 1 is 1.11 bits per heavy atom. The molecule has 0 saturated carbocycles. The van der Waals surface area contributed by atoms with Gasteiger partial charge in [0.25, 0.3) is 11.8 Å². The second kappa shape index (κ2) is 9.57. The standard InChI is InChI=1S/C31H31N3O2/c1-21(2)31(3)16-7-6-9-23(19-31)33-29(35)26-11-8-12-27-25(26)15-18-34(30(27)36)20-22-14-17-32-28-13-5-4-10-24(22)28/h4-14,16-17,19,21H,15,18,20H2,1-3H3,(H,33,35). The zero-order chi connectivity index (χ0) is 25.3. The van der Waals surface area contributed by atoms with Crippen molar-refractivity contribution in [3.8, 4) is 0 Å². The van der Waals surface area contributed by atoms with Crippen LogP contribution in [0.1, 0.15) is 52.6 Å². The van der Waals surface area contributed by atoms with Crippen LogP contribution in [0.5, 0.6) is 0 Å². The van der Waals surface area contributed by atoms with Crippen molar-refractivity contribution in [1.29, 1.82) is 0 Å². The van der Waals surface area contributed by atoms with E-state index >= 15 is 0 Å². The summed E-state index contributed by atoms with van der Waals surface area (Å²) in [6.07, 6.45) is 12.6. The van der Waals surface area contributed by atoms with Crippen LogP contribution in [0, 0.1) is 11.3 Å². The molecule has 2 amide bonds. The Hall–Kier alpha value is -3.99. The van der Waals surface area contributed by atoms with Crippen LogP contribution in [0.3, 0.4) is 0 Å². The van der Waals surface area contributed by atoms with Gasteiger partial charge in [0.1, 0.15) is 0 Å². The van der Waals surface area contributed by atoms with Crippen molar-refractivity contribution in [3.63, 3.8) is 0 Å². The van der Waals surface area contributed by atoms with Gasteiger partial charge in [0.05, 0.1) is 5.52 Å².